The van der Waals surface area contributed by atoms with Gasteiger partial charge in [0.15, 0.2) is 0 Å². The van der Waals surface area contributed by atoms with Crippen LogP contribution in [-0.2, 0) is 6.54 Å². The highest BCUT2D eigenvalue weighted by molar-refractivity contribution is 5.97. The fourth-order valence-electron chi connectivity index (χ4n) is 2.10. The lowest BCUT2D eigenvalue weighted by Crippen LogP contribution is -2.23. The van der Waals surface area contributed by atoms with E-state index in [1.165, 1.54) is 0 Å². The second-order valence-corrected chi connectivity index (χ2v) is 4.69. The molecule has 1 N–H and O–H groups in total. The second-order valence-electron chi connectivity index (χ2n) is 4.69. The largest absolute Gasteiger partial charge is 0.496 e. The number of carbonyl (C=O) groups excluding carboxylic acids is 1. The van der Waals surface area contributed by atoms with Crippen LogP contribution in [0, 0.1) is 6.92 Å². The van der Waals surface area contributed by atoms with E-state index in [1.54, 1.807) is 26.4 Å². The first-order valence-corrected chi connectivity index (χ1v) is 6.70. The van der Waals surface area contributed by atoms with Gasteiger partial charge in [0.2, 0.25) is 0 Å². The number of ether oxygens (including phenoxy) is 2. The summed E-state index contributed by atoms with van der Waals surface area (Å²) in [6.45, 7) is 2.38. The molecule has 0 unspecified atom stereocenters. The highest BCUT2D eigenvalue weighted by Gasteiger charge is 2.15. The molecule has 4 heteroatoms. The third-order valence-electron chi connectivity index (χ3n) is 3.26. The van der Waals surface area contributed by atoms with Gasteiger partial charge in [-0.3, -0.25) is 4.79 Å². The highest BCUT2D eigenvalue weighted by Crippen LogP contribution is 2.28. The van der Waals surface area contributed by atoms with Crippen LogP contribution in [0.3, 0.4) is 0 Å². The molecule has 0 saturated carbocycles. The van der Waals surface area contributed by atoms with E-state index in [-0.39, 0.29) is 5.91 Å². The zero-order valence-corrected chi connectivity index (χ0v) is 12.5. The van der Waals surface area contributed by atoms with Crippen molar-refractivity contribution < 1.29 is 14.3 Å². The Bertz CT molecular complexity index is 623. The number of hydrogen-bond acceptors (Lipinski definition) is 3. The molecule has 0 bridgehead atoms. The zero-order valence-electron chi connectivity index (χ0n) is 12.5. The van der Waals surface area contributed by atoms with Crippen molar-refractivity contribution in [3.63, 3.8) is 0 Å². The topological polar surface area (TPSA) is 47.6 Å². The molecule has 2 aromatic rings. The van der Waals surface area contributed by atoms with Gasteiger partial charge in [-0.15, -0.1) is 0 Å². The summed E-state index contributed by atoms with van der Waals surface area (Å²) in [6, 6.07) is 13.3. The van der Waals surface area contributed by atoms with Gasteiger partial charge in [0.25, 0.3) is 5.91 Å². The summed E-state index contributed by atoms with van der Waals surface area (Å²) in [5, 5.41) is 2.89. The summed E-state index contributed by atoms with van der Waals surface area (Å²) in [7, 11) is 3.13. The van der Waals surface area contributed by atoms with Gasteiger partial charge >= 0.3 is 0 Å². The van der Waals surface area contributed by atoms with Gasteiger partial charge in [0.1, 0.15) is 11.5 Å². The maximum Gasteiger partial charge on any atom is 0.255 e. The van der Waals surface area contributed by atoms with Crippen LogP contribution in [0.4, 0.5) is 0 Å². The van der Waals surface area contributed by atoms with Crippen LogP contribution in [0.5, 0.6) is 11.5 Å². The normalized spacial score (nSPS) is 10.0. The summed E-state index contributed by atoms with van der Waals surface area (Å²) >= 11 is 0. The van der Waals surface area contributed by atoms with Gasteiger partial charge in [-0.2, -0.15) is 0 Å². The zero-order chi connectivity index (χ0) is 15.2. The van der Waals surface area contributed by atoms with Crippen LogP contribution >= 0.6 is 0 Å². The van der Waals surface area contributed by atoms with Crippen molar-refractivity contribution in [1.82, 2.24) is 5.32 Å². The minimum atomic E-state index is -0.186. The predicted octanol–water partition coefficient (Wildman–Crippen LogP) is 2.94. The average molecular weight is 285 g/mol. The molecule has 0 heterocycles. The Hall–Kier alpha value is -2.49. The van der Waals surface area contributed by atoms with E-state index in [0.717, 1.165) is 11.1 Å². The van der Waals surface area contributed by atoms with Crippen LogP contribution < -0.4 is 14.8 Å². The molecule has 0 aliphatic rings. The second kappa shape index (κ2) is 6.79. The van der Waals surface area contributed by atoms with Crippen LogP contribution in [0.15, 0.2) is 42.5 Å². The SMILES string of the molecule is COc1cc(C(=O)NCc2ccccc2)c(OC)cc1C. The lowest BCUT2D eigenvalue weighted by atomic mass is 10.1. The van der Waals surface area contributed by atoms with E-state index in [0.29, 0.717) is 23.6 Å². The first-order valence-electron chi connectivity index (χ1n) is 6.70. The number of hydrogen-bond donors (Lipinski definition) is 1. The van der Waals surface area contributed by atoms with Gasteiger partial charge in [0.05, 0.1) is 19.8 Å². The molecular formula is C17H19NO3. The summed E-state index contributed by atoms with van der Waals surface area (Å²) in [6.07, 6.45) is 0. The van der Waals surface area contributed by atoms with E-state index in [9.17, 15) is 4.79 Å². The minimum Gasteiger partial charge on any atom is -0.496 e. The Morgan fingerprint density at radius 1 is 1.05 bits per heavy atom. The number of rotatable bonds is 5. The van der Waals surface area contributed by atoms with Crippen molar-refractivity contribution in [2.24, 2.45) is 0 Å². The third kappa shape index (κ3) is 3.54. The highest BCUT2D eigenvalue weighted by atomic mass is 16.5. The van der Waals surface area contributed by atoms with Crippen LogP contribution in [0.25, 0.3) is 0 Å². The Kier molecular flexibility index (Phi) is 4.82. The molecule has 4 nitrogen and oxygen atoms in total. The quantitative estimate of drug-likeness (QED) is 0.918. The predicted molar refractivity (Wildman–Crippen MR) is 81.9 cm³/mol. The number of amides is 1. The molecule has 0 atom stereocenters. The van der Waals surface area contributed by atoms with Crippen molar-refractivity contribution in [1.29, 1.82) is 0 Å². The number of nitrogens with one attached hydrogen (secondary N) is 1. The lowest BCUT2D eigenvalue weighted by molar-refractivity contribution is 0.0947. The fourth-order valence-corrected chi connectivity index (χ4v) is 2.10. The first-order chi connectivity index (χ1) is 10.2. The Morgan fingerprint density at radius 2 is 1.71 bits per heavy atom. The van der Waals surface area contributed by atoms with Crippen LogP contribution in [-0.4, -0.2) is 20.1 Å². The van der Waals surface area contributed by atoms with Crippen molar-refractivity contribution in [3.05, 3.63) is 59.2 Å². The first kappa shape index (κ1) is 14.9. The molecule has 2 rings (SSSR count). The smallest absolute Gasteiger partial charge is 0.255 e. The molecule has 0 fully saturated rings. The number of benzene rings is 2. The number of carbonyl (C=O) groups is 1. The van der Waals surface area contributed by atoms with Crippen molar-refractivity contribution >= 4 is 5.91 Å². The summed E-state index contributed by atoms with van der Waals surface area (Å²) in [5.41, 5.74) is 2.44. The molecule has 1 amide bonds. The summed E-state index contributed by atoms with van der Waals surface area (Å²) in [4.78, 5) is 12.3. The van der Waals surface area contributed by atoms with Crippen molar-refractivity contribution in [2.75, 3.05) is 14.2 Å². The Morgan fingerprint density at radius 3 is 2.33 bits per heavy atom. The maximum atomic E-state index is 12.3. The average Bonchev–Trinajstić information content (AvgIpc) is 2.53. The third-order valence-corrected chi connectivity index (χ3v) is 3.26. The lowest BCUT2D eigenvalue weighted by Gasteiger charge is -2.13. The van der Waals surface area contributed by atoms with Crippen molar-refractivity contribution in [3.8, 4) is 11.5 Å². The molecule has 0 aliphatic heterocycles. The van der Waals surface area contributed by atoms with E-state index in [2.05, 4.69) is 5.32 Å². The van der Waals surface area contributed by atoms with Gasteiger partial charge in [0, 0.05) is 6.54 Å². The molecule has 0 saturated heterocycles. The molecule has 2 aromatic carbocycles. The fraction of sp³-hybridized carbons (Fsp3) is 0.235. The van der Waals surface area contributed by atoms with Crippen LogP contribution in [0.2, 0.25) is 0 Å². The standard InChI is InChI=1S/C17H19NO3/c1-12-9-16(21-3)14(10-15(12)20-2)17(19)18-11-13-7-5-4-6-8-13/h4-10H,11H2,1-3H3,(H,18,19). The molecule has 0 aliphatic carbocycles. The monoisotopic (exact) mass is 285 g/mol. The van der Waals surface area contributed by atoms with E-state index in [4.69, 9.17) is 9.47 Å². The van der Waals surface area contributed by atoms with Gasteiger partial charge in [-0.05, 0) is 30.2 Å². The van der Waals surface area contributed by atoms with E-state index >= 15 is 0 Å². The Balaban J connectivity index is 2.18. The molecule has 0 aromatic heterocycles. The van der Waals surface area contributed by atoms with E-state index in [1.807, 2.05) is 37.3 Å². The number of methoxy groups -OCH3 is 2. The minimum absolute atomic E-state index is 0.186. The molecule has 110 valence electrons. The van der Waals surface area contributed by atoms with E-state index < -0.39 is 0 Å². The van der Waals surface area contributed by atoms with Crippen molar-refractivity contribution in [2.45, 2.75) is 13.5 Å². The van der Waals surface area contributed by atoms with Gasteiger partial charge in [-0.1, -0.05) is 30.3 Å². The molecular weight excluding hydrogens is 266 g/mol. The Labute approximate surface area is 124 Å². The summed E-state index contributed by atoms with van der Waals surface area (Å²) < 4.78 is 10.5. The van der Waals surface area contributed by atoms with Gasteiger partial charge in [-0.25, -0.2) is 0 Å². The van der Waals surface area contributed by atoms with Crippen LogP contribution in [0.1, 0.15) is 21.5 Å². The molecule has 21 heavy (non-hydrogen) atoms. The number of aryl methyl sites for hydroxylation is 1. The van der Waals surface area contributed by atoms with Gasteiger partial charge < -0.3 is 14.8 Å². The summed E-state index contributed by atoms with van der Waals surface area (Å²) in [5.74, 6) is 1.02. The molecule has 0 radical (unpaired) electrons. The molecule has 0 spiro atoms. The maximum absolute atomic E-state index is 12.3.